The summed E-state index contributed by atoms with van der Waals surface area (Å²) >= 11 is 3.74. The van der Waals surface area contributed by atoms with Crippen molar-refractivity contribution in [2.24, 2.45) is 20.5 Å². The van der Waals surface area contributed by atoms with Gasteiger partial charge in [-0.2, -0.15) is 10.2 Å². The summed E-state index contributed by atoms with van der Waals surface area (Å²) in [4.78, 5) is 4.08. The number of rotatable bonds is 4. The van der Waals surface area contributed by atoms with Crippen molar-refractivity contribution in [3.8, 4) is 0 Å². The Kier molecular flexibility index (Phi) is 5.41. The molecule has 0 saturated heterocycles. The van der Waals surface area contributed by atoms with Gasteiger partial charge in [-0.1, -0.05) is 0 Å². The maximum atomic E-state index is 4.33. The van der Waals surface area contributed by atoms with Gasteiger partial charge in [0.1, 0.15) is 0 Å². The summed E-state index contributed by atoms with van der Waals surface area (Å²) in [5, 5.41) is 19.5. The molecule has 0 aliphatic rings. The lowest BCUT2D eigenvalue weighted by Gasteiger charge is -2.01. The highest BCUT2D eigenvalue weighted by atomic mass is 127. The first kappa shape index (κ1) is 16.8. The van der Waals surface area contributed by atoms with Crippen molar-refractivity contribution in [2.75, 3.05) is 0 Å². The summed E-state index contributed by atoms with van der Waals surface area (Å²) in [7, 11) is 0. The van der Waals surface area contributed by atoms with Crippen LogP contribution in [0.4, 0.5) is 22.2 Å². The number of benzene rings is 2. The van der Waals surface area contributed by atoms with Crippen LogP contribution in [-0.2, 0) is 0 Å². The Hall–Kier alpha value is -2.00. The van der Waals surface area contributed by atoms with Gasteiger partial charge in [-0.05, 0) is 84.0 Å². The standard InChI is InChI=1S/C17H14IN5S/c1-11-9-13(18)3-5-15(11)21-20-14-4-6-16(12(2)10-14)22-23-17-19-7-8-24-17/h3-10H,1-2H3. The van der Waals surface area contributed by atoms with Crippen LogP contribution in [0.3, 0.4) is 0 Å². The first-order valence-corrected chi connectivity index (χ1v) is 9.17. The zero-order valence-corrected chi connectivity index (χ0v) is 16.1. The Morgan fingerprint density at radius 1 is 0.875 bits per heavy atom. The van der Waals surface area contributed by atoms with Crippen molar-refractivity contribution in [3.05, 3.63) is 62.7 Å². The van der Waals surface area contributed by atoms with Gasteiger partial charge in [0.05, 0.1) is 17.1 Å². The van der Waals surface area contributed by atoms with E-state index in [1.807, 2.05) is 49.6 Å². The van der Waals surface area contributed by atoms with E-state index in [0.717, 1.165) is 28.2 Å². The van der Waals surface area contributed by atoms with E-state index < -0.39 is 0 Å². The number of thiazole rings is 1. The van der Waals surface area contributed by atoms with Crippen LogP contribution in [0.15, 0.2) is 68.4 Å². The Balaban J connectivity index is 1.78. The molecule has 0 N–H and O–H groups in total. The third-order valence-electron chi connectivity index (χ3n) is 3.27. The van der Waals surface area contributed by atoms with Crippen LogP contribution in [0.25, 0.3) is 0 Å². The third-order valence-corrected chi connectivity index (χ3v) is 4.60. The Morgan fingerprint density at radius 2 is 1.58 bits per heavy atom. The van der Waals surface area contributed by atoms with Gasteiger partial charge >= 0.3 is 0 Å². The van der Waals surface area contributed by atoms with E-state index in [9.17, 15) is 0 Å². The molecule has 7 heteroatoms. The molecule has 1 heterocycles. The van der Waals surface area contributed by atoms with Crippen molar-refractivity contribution >= 4 is 56.1 Å². The van der Waals surface area contributed by atoms with E-state index in [1.165, 1.54) is 14.9 Å². The van der Waals surface area contributed by atoms with Crippen LogP contribution in [-0.4, -0.2) is 4.98 Å². The zero-order chi connectivity index (χ0) is 16.9. The molecule has 5 nitrogen and oxygen atoms in total. The highest BCUT2D eigenvalue weighted by Gasteiger charge is 2.01. The largest absolute Gasteiger partial charge is 0.229 e. The van der Waals surface area contributed by atoms with Crippen LogP contribution in [0.5, 0.6) is 0 Å². The van der Waals surface area contributed by atoms with Crippen molar-refractivity contribution in [1.82, 2.24) is 4.98 Å². The van der Waals surface area contributed by atoms with Gasteiger partial charge in [0.25, 0.3) is 0 Å². The maximum Gasteiger partial charge on any atom is 0.229 e. The summed E-state index contributed by atoms with van der Waals surface area (Å²) < 4.78 is 1.19. The smallest absolute Gasteiger partial charge is 0.226 e. The Bertz CT molecular complexity index is 903. The lowest BCUT2D eigenvalue weighted by Crippen LogP contribution is -1.76. The number of nitrogens with zero attached hydrogens (tertiary/aromatic N) is 5. The van der Waals surface area contributed by atoms with Gasteiger partial charge < -0.3 is 0 Å². The molecule has 2 aromatic carbocycles. The second kappa shape index (κ2) is 7.71. The average Bonchev–Trinajstić information content (AvgIpc) is 3.06. The molecule has 0 aliphatic heterocycles. The van der Waals surface area contributed by atoms with E-state index >= 15 is 0 Å². The molecule has 0 saturated carbocycles. The van der Waals surface area contributed by atoms with Gasteiger partial charge in [-0.3, -0.25) is 0 Å². The van der Waals surface area contributed by atoms with E-state index in [4.69, 9.17) is 0 Å². The van der Waals surface area contributed by atoms with E-state index in [0.29, 0.717) is 5.13 Å². The fraction of sp³-hybridized carbons (Fsp3) is 0.118. The van der Waals surface area contributed by atoms with Gasteiger partial charge in [-0.15, -0.1) is 21.6 Å². The van der Waals surface area contributed by atoms with Gasteiger partial charge in [-0.25, -0.2) is 4.98 Å². The van der Waals surface area contributed by atoms with Crippen molar-refractivity contribution in [2.45, 2.75) is 13.8 Å². The molecule has 0 unspecified atom stereocenters. The molecular weight excluding hydrogens is 433 g/mol. The summed E-state index contributed by atoms with van der Waals surface area (Å²) in [6, 6.07) is 11.8. The molecule has 3 aromatic rings. The lowest BCUT2D eigenvalue weighted by molar-refractivity contribution is 1.17. The molecular formula is C17H14IN5S. The number of aromatic nitrogens is 1. The SMILES string of the molecule is Cc1cc(I)ccc1N=Nc1ccc(N=Nc2nccs2)c(C)c1. The molecule has 24 heavy (non-hydrogen) atoms. The molecule has 0 aliphatic carbocycles. The molecule has 0 spiro atoms. The van der Waals surface area contributed by atoms with E-state index in [2.05, 4.69) is 54.1 Å². The molecule has 0 bridgehead atoms. The summed E-state index contributed by atoms with van der Waals surface area (Å²) in [5.41, 5.74) is 4.57. The molecule has 0 atom stereocenters. The fourth-order valence-corrected chi connectivity index (χ4v) is 3.12. The number of hydrogen-bond donors (Lipinski definition) is 0. The first-order valence-electron chi connectivity index (χ1n) is 7.21. The third kappa shape index (κ3) is 4.30. The molecule has 1 aromatic heterocycles. The van der Waals surface area contributed by atoms with Crippen molar-refractivity contribution < 1.29 is 0 Å². The quantitative estimate of drug-likeness (QED) is 0.308. The number of azo groups is 2. The predicted molar refractivity (Wildman–Crippen MR) is 106 cm³/mol. The summed E-state index contributed by atoms with van der Waals surface area (Å²) in [6.45, 7) is 4.01. The number of halogens is 1. The minimum atomic E-state index is 0.646. The maximum absolute atomic E-state index is 4.33. The normalized spacial score (nSPS) is 11.6. The lowest BCUT2D eigenvalue weighted by atomic mass is 10.2. The second-order valence-electron chi connectivity index (χ2n) is 5.12. The molecule has 0 amide bonds. The van der Waals surface area contributed by atoms with Crippen molar-refractivity contribution in [3.63, 3.8) is 0 Å². The van der Waals surface area contributed by atoms with E-state index in [1.54, 1.807) is 6.20 Å². The van der Waals surface area contributed by atoms with Gasteiger partial charge in [0, 0.05) is 15.1 Å². The minimum absolute atomic E-state index is 0.646. The first-order chi connectivity index (χ1) is 11.6. The molecule has 0 fully saturated rings. The van der Waals surface area contributed by atoms with Gasteiger partial charge in [0.2, 0.25) is 5.13 Å². The average molecular weight is 447 g/mol. The second-order valence-corrected chi connectivity index (χ2v) is 7.23. The Labute approximate surface area is 157 Å². The topological polar surface area (TPSA) is 62.3 Å². The van der Waals surface area contributed by atoms with Crippen molar-refractivity contribution in [1.29, 1.82) is 0 Å². The van der Waals surface area contributed by atoms with Crippen LogP contribution in [0, 0.1) is 17.4 Å². The number of aryl methyl sites for hydroxylation is 2. The molecule has 3 rings (SSSR count). The number of hydrogen-bond acceptors (Lipinski definition) is 6. The summed E-state index contributed by atoms with van der Waals surface area (Å²) in [6.07, 6.45) is 1.71. The van der Waals surface area contributed by atoms with Crippen LogP contribution in [0.2, 0.25) is 0 Å². The van der Waals surface area contributed by atoms with Crippen LogP contribution in [0.1, 0.15) is 11.1 Å². The highest BCUT2D eigenvalue weighted by Crippen LogP contribution is 2.28. The minimum Gasteiger partial charge on any atom is -0.226 e. The highest BCUT2D eigenvalue weighted by molar-refractivity contribution is 14.1. The molecule has 0 radical (unpaired) electrons. The summed E-state index contributed by atoms with van der Waals surface area (Å²) in [5.74, 6) is 0. The molecule has 120 valence electrons. The Morgan fingerprint density at radius 3 is 2.25 bits per heavy atom. The fourth-order valence-electron chi connectivity index (χ4n) is 2.02. The van der Waals surface area contributed by atoms with Crippen LogP contribution < -0.4 is 0 Å². The van der Waals surface area contributed by atoms with E-state index in [-0.39, 0.29) is 0 Å². The van der Waals surface area contributed by atoms with Gasteiger partial charge in [0.15, 0.2) is 0 Å². The van der Waals surface area contributed by atoms with Crippen LogP contribution >= 0.6 is 33.9 Å². The zero-order valence-electron chi connectivity index (χ0n) is 13.1. The monoisotopic (exact) mass is 447 g/mol. The predicted octanol–water partition coefficient (Wildman–Crippen LogP) is 7.20.